The molecular weight excluding hydrogens is 854 g/mol. The normalized spacial score (nSPS) is 15.7. The second-order valence-electron chi connectivity index (χ2n) is 14.9. The van der Waals surface area contributed by atoms with Crippen LogP contribution in [-0.4, -0.2) is 92.8 Å². The zero-order valence-electron chi connectivity index (χ0n) is 37.6. The van der Waals surface area contributed by atoms with E-state index in [4.69, 9.17) is 23.8 Å². The van der Waals surface area contributed by atoms with Crippen molar-refractivity contribution in [2.75, 3.05) is 26.4 Å². The number of phosphoric acid groups is 2. The minimum Gasteiger partial charge on any atom is -0.462 e. The molecule has 0 saturated carbocycles. The quantitative estimate of drug-likeness (QED) is 0.0145. The number of carbonyl (C=O) groups excluding carboxylic acids is 2. The zero-order chi connectivity index (χ0) is 46.9. The van der Waals surface area contributed by atoms with Crippen LogP contribution in [-0.2, 0) is 41.8 Å². The second-order valence-corrected chi connectivity index (χ2v) is 17.6. The molecule has 0 rings (SSSR count). The summed E-state index contributed by atoms with van der Waals surface area (Å²) in [6, 6.07) is 0. The molecule has 0 fully saturated rings. The standard InChI is InChI=1S/C46H78O15P2/c1-3-5-7-9-11-13-15-17-18-19-20-21-23-25-27-29-31-35-45(50)57-39-42(40-60-63(55,56)59-38-41(47)37-58-62(52,53)54)61-46(51)36-32-34-44(49)43(48)33-30-28-26-24-22-16-14-12-10-8-6-4-2/h6,8,12,14,17-18,20-22,24-25,27-28,30,41-44,47-49H,3-5,7,9-11,13,15-16,19,23,26,29,31-40H2,1-2H3,(H,55,56)(H2,52,53,54)/b8-6-,14-12-,18-17-,21-20-,24-22-,27-25-,30-28-/t41-,42+,43+,44+/m0/s1. The summed E-state index contributed by atoms with van der Waals surface area (Å²) in [5, 5.41) is 30.5. The van der Waals surface area contributed by atoms with Gasteiger partial charge in [0.05, 0.1) is 32.0 Å². The largest absolute Gasteiger partial charge is 0.472 e. The van der Waals surface area contributed by atoms with Gasteiger partial charge in [-0.05, 0) is 83.5 Å². The molecule has 0 aromatic carbocycles. The van der Waals surface area contributed by atoms with Crippen LogP contribution in [0.25, 0.3) is 0 Å². The van der Waals surface area contributed by atoms with Gasteiger partial charge in [-0.25, -0.2) is 9.13 Å². The van der Waals surface area contributed by atoms with Crippen molar-refractivity contribution in [3.8, 4) is 0 Å². The monoisotopic (exact) mass is 932 g/mol. The molecule has 0 aliphatic rings. The summed E-state index contributed by atoms with van der Waals surface area (Å²) in [6.07, 6.45) is 38.9. The number of ether oxygens (including phenoxy) is 2. The van der Waals surface area contributed by atoms with Crippen molar-refractivity contribution in [3.63, 3.8) is 0 Å². The van der Waals surface area contributed by atoms with E-state index in [0.29, 0.717) is 19.3 Å². The Morgan fingerprint density at radius 2 is 1.02 bits per heavy atom. The van der Waals surface area contributed by atoms with Crippen LogP contribution in [0.4, 0.5) is 0 Å². The Bertz CT molecular complexity index is 1470. The van der Waals surface area contributed by atoms with Gasteiger partial charge in [0.15, 0.2) is 6.10 Å². The van der Waals surface area contributed by atoms with Crippen molar-refractivity contribution in [1.29, 1.82) is 0 Å². The van der Waals surface area contributed by atoms with Crippen LogP contribution in [0.15, 0.2) is 85.1 Å². The van der Waals surface area contributed by atoms with E-state index < -0.39 is 78.4 Å². The van der Waals surface area contributed by atoms with Crippen molar-refractivity contribution < 1.29 is 71.8 Å². The molecular formula is C46H78O15P2. The first-order valence-corrected chi connectivity index (χ1v) is 25.5. The van der Waals surface area contributed by atoms with Gasteiger partial charge in [-0.3, -0.25) is 23.2 Å². The Balaban J connectivity index is 4.84. The van der Waals surface area contributed by atoms with E-state index in [1.165, 1.54) is 38.5 Å². The van der Waals surface area contributed by atoms with Gasteiger partial charge in [0, 0.05) is 12.8 Å². The number of unbranched alkanes of at least 4 members (excludes halogenated alkanes) is 7. The molecule has 1 unspecified atom stereocenters. The van der Waals surface area contributed by atoms with E-state index >= 15 is 0 Å². The van der Waals surface area contributed by atoms with Gasteiger partial charge < -0.3 is 39.5 Å². The molecule has 0 bridgehead atoms. The minimum absolute atomic E-state index is 0.0579. The molecule has 0 saturated heterocycles. The van der Waals surface area contributed by atoms with Crippen molar-refractivity contribution in [2.45, 2.75) is 167 Å². The molecule has 0 spiro atoms. The number of aliphatic hydroxyl groups excluding tert-OH is 3. The average Bonchev–Trinajstić information content (AvgIpc) is 3.24. The molecule has 0 aliphatic heterocycles. The van der Waals surface area contributed by atoms with E-state index in [1.807, 2.05) is 30.4 Å². The predicted molar refractivity (Wildman–Crippen MR) is 246 cm³/mol. The lowest BCUT2D eigenvalue weighted by Gasteiger charge is -2.21. The van der Waals surface area contributed by atoms with Gasteiger partial charge in [0.1, 0.15) is 12.7 Å². The first-order valence-electron chi connectivity index (χ1n) is 22.4. The summed E-state index contributed by atoms with van der Waals surface area (Å²) in [5.41, 5.74) is 0. The minimum atomic E-state index is -4.91. The van der Waals surface area contributed by atoms with Gasteiger partial charge in [-0.1, -0.05) is 131 Å². The van der Waals surface area contributed by atoms with Crippen LogP contribution in [0.5, 0.6) is 0 Å². The highest BCUT2D eigenvalue weighted by Crippen LogP contribution is 2.43. The second kappa shape index (κ2) is 40.7. The number of rotatable bonds is 41. The molecule has 0 aliphatic carbocycles. The SMILES string of the molecule is CC/C=C\C/C=C\C/C=C\C/C=C\C[C@@H](O)[C@H](O)CCCC(=O)O[C@H](COC(=O)CCC/C=C\C/C=C\C/C=C\CCCCCCCC)COP(=O)(O)OC[C@@H](O)COP(=O)(O)O. The summed E-state index contributed by atoms with van der Waals surface area (Å²) < 4.78 is 47.5. The van der Waals surface area contributed by atoms with Crippen molar-refractivity contribution in [3.05, 3.63) is 85.1 Å². The van der Waals surface area contributed by atoms with E-state index in [-0.39, 0.29) is 32.1 Å². The molecule has 0 aromatic heterocycles. The molecule has 0 radical (unpaired) electrons. The zero-order valence-corrected chi connectivity index (χ0v) is 39.4. The van der Waals surface area contributed by atoms with Gasteiger partial charge in [-0.15, -0.1) is 0 Å². The van der Waals surface area contributed by atoms with Crippen LogP contribution in [0, 0.1) is 0 Å². The maximum absolute atomic E-state index is 12.7. The number of aliphatic hydroxyl groups is 3. The molecule has 63 heavy (non-hydrogen) atoms. The highest BCUT2D eigenvalue weighted by atomic mass is 31.2. The lowest BCUT2D eigenvalue weighted by Crippen LogP contribution is -2.30. The van der Waals surface area contributed by atoms with Crippen molar-refractivity contribution in [2.24, 2.45) is 0 Å². The molecule has 0 aromatic rings. The van der Waals surface area contributed by atoms with Crippen LogP contribution < -0.4 is 0 Å². The molecule has 0 amide bonds. The molecule has 0 heterocycles. The number of esters is 2. The Morgan fingerprint density at radius 1 is 0.524 bits per heavy atom. The predicted octanol–water partition coefficient (Wildman–Crippen LogP) is 9.50. The first-order chi connectivity index (χ1) is 30.2. The fourth-order valence-electron chi connectivity index (χ4n) is 5.45. The summed E-state index contributed by atoms with van der Waals surface area (Å²) >= 11 is 0. The molecule has 5 atom stereocenters. The number of carbonyl (C=O) groups is 2. The van der Waals surface area contributed by atoms with E-state index in [0.717, 1.165) is 38.5 Å². The van der Waals surface area contributed by atoms with Crippen LogP contribution in [0.3, 0.4) is 0 Å². The van der Waals surface area contributed by atoms with E-state index in [9.17, 15) is 38.9 Å². The number of allylic oxidation sites excluding steroid dienone is 13. The Kier molecular flexibility index (Phi) is 38.9. The maximum atomic E-state index is 12.7. The van der Waals surface area contributed by atoms with Gasteiger partial charge in [0.25, 0.3) is 0 Å². The fourth-order valence-corrected chi connectivity index (χ4v) is 6.61. The molecule has 362 valence electrons. The molecule has 17 heteroatoms. The average molecular weight is 933 g/mol. The van der Waals surface area contributed by atoms with Crippen LogP contribution in [0.1, 0.15) is 142 Å². The summed E-state index contributed by atoms with van der Waals surface area (Å²) in [5.74, 6) is -1.39. The Morgan fingerprint density at radius 3 is 1.60 bits per heavy atom. The highest BCUT2D eigenvalue weighted by Gasteiger charge is 2.28. The fraction of sp³-hybridized carbons (Fsp3) is 0.652. The van der Waals surface area contributed by atoms with Crippen molar-refractivity contribution >= 4 is 27.6 Å². The van der Waals surface area contributed by atoms with Crippen LogP contribution >= 0.6 is 15.6 Å². The third-order valence-corrected chi connectivity index (χ3v) is 10.4. The van der Waals surface area contributed by atoms with Gasteiger partial charge in [0.2, 0.25) is 0 Å². The van der Waals surface area contributed by atoms with Gasteiger partial charge >= 0.3 is 27.6 Å². The number of hydrogen-bond acceptors (Lipinski definition) is 12. The maximum Gasteiger partial charge on any atom is 0.472 e. The molecule has 6 N–H and O–H groups in total. The third-order valence-electron chi connectivity index (χ3n) is 8.96. The van der Waals surface area contributed by atoms with Crippen LogP contribution in [0.2, 0.25) is 0 Å². The summed E-state index contributed by atoms with van der Waals surface area (Å²) in [4.78, 5) is 52.8. The van der Waals surface area contributed by atoms with E-state index in [1.54, 1.807) is 6.08 Å². The summed E-state index contributed by atoms with van der Waals surface area (Å²) in [7, 11) is -9.81. The van der Waals surface area contributed by atoms with Gasteiger partial charge in [-0.2, -0.15) is 0 Å². The number of phosphoric ester groups is 2. The third kappa shape index (κ3) is 42.9. The Hall–Kier alpha value is -2.78. The summed E-state index contributed by atoms with van der Waals surface area (Å²) in [6.45, 7) is 1.23. The first kappa shape index (κ1) is 60.2. The lowest BCUT2D eigenvalue weighted by molar-refractivity contribution is -0.161. The highest BCUT2D eigenvalue weighted by molar-refractivity contribution is 7.47. The topological polar surface area (TPSA) is 236 Å². The van der Waals surface area contributed by atoms with E-state index in [2.05, 4.69) is 71.5 Å². The smallest absolute Gasteiger partial charge is 0.462 e. The molecule has 15 nitrogen and oxygen atoms in total. The number of hydrogen-bond donors (Lipinski definition) is 6. The Labute approximate surface area is 376 Å². The van der Waals surface area contributed by atoms with Crippen molar-refractivity contribution in [1.82, 2.24) is 0 Å². The lowest BCUT2D eigenvalue weighted by atomic mass is 10.0.